The van der Waals surface area contributed by atoms with Crippen molar-refractivity contribution in [2.45, 2.75) is 31.4 Å². The van der Waals surface area contributed by atoms with Crippen molar-refractivity contribution < 1.29 is 9.66 Å². The molecular weight excluding hydrogens is 335 g/mol. The lowest BCUT2D eigenvalue weighted by Gasteiger charge is -2.18. The molecular formula is C11H13IN2O3. The minimum Gasteiger partial charge on any atom is -0.488 e. The number of hydrogen-bond donors (Lipinski definition) is 1. The van der Waals surface area contributed by atoms with Gasteiger partial charge in [-0.2, -0.15) is 0 Å². The van der Waals surface area contributed by atoms with Crippen LogP contribution in [0, 0.1) is 13.7 Å². The lowest BCUT2D eigenvalue weighted by atomic mass is 10.2. The molecule has 1 aromatic carbocycles. The lowest BCUT2D eigenvalue weighted by molar-refractivity contribution is -0.385. The van der Waals surface area contributed by atoms with Crippen molar-refractivity contribution in [1.82, 2.24) is 0 Å². The van der Waals surface area contributed by atoms with E-state index in [0.717, 1.165) is 22.8 Å². The average molecular weight is 348 g/mol. The zero-order chi connectivity index (χ0) is 12.4. The minimum absolute atomic E-state index is 0.0324. The van der Waals surface area contributed by atoms with Crippen LogP contribution in [0.25, 0.3) is 0 Å². The van der Waals surface area contributed by atoms with E-state index in [9.17, 15) is 10.1 Å². The summed E-state index contributed by atoms with van der Waals surface area (Å²) in [6.07, 6.45) is 3.04. The maximum atomic E-state index is 10.6. The zero-order valence-electron chi connectivity index (χ0n) is 9.14. The van der Waals surface area contributed by atoms with Gasteiger partial charge in [0.1, 0.15) is 11.9 Å². The molecule has 0 radical (unpaired) electrons. The van der Waals surface area contributed by atoms with E-state index in [-0.39, 0.29) is 17.8 Å². The summed E-state index contributed by atoms with van der Waals surface area (Å²) < 4.78 is 6.54. The molecule has 0 aliphatic heterocycles. The van der Waals surface area contributed by atoms with E-state index in [1.165, 1.54) is 12.1 Å². The van der Waals surface area contributed by atoms with Crippen LogP contribution in [0.5, 0.6) is 5.75 Å². The van der Waals surface area contributed by atoms with E-state index < -0.39 is 4.92 Å². The second-order valence-corrected chi connectivity index (χ2v) is 5.29. The van der Waals surface area contributed by atoms with Gasteiger partial charge in [0.15, 0.2) is 0 Å². The van der Waals surface area contributed by atoms with Gasteiger partial charge >= 0.3 is 0 Å². The van der Waals surface area contributed by atoms with Crippen molar-refractivity contribution in [1.29, 1.82) is 0 Å². The van der Waals surface area contributed by atoms with Crippen molar-refractivity contribution in [3.8, 4) is 5.75 Å². The molecule has 2 rings (SSSR count). The van der Waals surface area contributed by atoms with Crippen LogP contribution in [0.1, 0.15) is 19.3 Å². The standard InChI is InChI=1S/C11H13IN2O3/c12-8-6-7(14(15)16)4-5-10(8)17-11-3-1-2-9(11)13/h4-6,9,11H,1-3,13H2. The first-order chi connectivity index (χ1) is 8.08. The Bertz CT molecular complexity index is 439. The third-order valence-electron chi connectivity index (χ3n) is 2.91. The molecule has 0 heterocycles. The second-order valence-electron chi connectivity index (χ2n) is 4.12. The highest BCUT2D eigenvalue weighted by atomic mass is 127. The van der Waals surface area contributed by atoms with Crippen LogP contribution in [-0.4, -0.2) is 17.1 Å². The zero-order valence-corrected chi connectivity index (χ0v) is 11.3. The Labute approximate surface area is 113 Å². The molecule has 92 valence electrons. The van der Waals surface area contributed by atoms with E-state index >= 15 is 0 Å². The molecule has 0 saturated heterocycles. The Morgan fingerprint density at radius 1 is 1.47 bits per heavy atom. The van der Waals surface area contributed by atoms with Crippen LogP contribution in [0.2, 0.25) is 0 Å². The highest BCUT2D eigenvalue weighted by Gasteiger charge is 2.26. The molecule has 1 aliphatic carbocycles. The van der Waals surface area contributed by atoms with E-state index in [4.69, 9.17) is 10.5 Å². The lowest BCUT2D eigenvalue weighted by Crippen LogP contribution is -2.33. The fraction of sp³-hybridized carbons (Fsp3) is 0.455. The fourth-order valence-corrected chi connectivity index (χ4v) is 2.59. The van der Waals surface area contributed by atoms with Gasteiger partial charge in [0.05, 0.1) is 8.49 Å². The Hall–Kier alpha value is -0.890. The Kier molecular flexibility index (Phi) is 3.82. The molecule has 2 unspecified atom stereocenters. The van der Waals surface area contributed by atoms with Crippen molar-refractivity contribution in [2.75, 3.05) is 0 Å². The van der Waals surface area contributed by atoms with Gasteiger partial charge in [-0.05, 0) is 47.9 Å². The highest BCUT2D eigenvalue weighted by Crippen LogP contribution is 2.29. The number of nitro groups is 1. The largest absolute Gasteiger partial charge is 0.488 e. The molecule has 1 fully saturated rings. The maximum Gasteiger partial charge on any atom is 0.270 e. The molecule has 6 heteroatoms. The van der Waals surface area contributed by atoms with Gasteiger partial charge in [-0.15, -0.1) is 0 Å². The molecule has 1 aromatic rings. The number of benzene rings is 1. The fourth-order valence-electron chi connectivity index (χ4n) is 1.96. The predicted molar refractivity (Wildman–Crippen MR) is 72.1 cm³/mol. The first-order valence-corrected chi connectivity index (χ1v) is 6.52. The molecule has 2 atom stereocenters. The maximum absolute atomic E-state index is 10.6. The highest BCUT2D eigenvalue weighted by molar-refractivity contribution is 14.1. The number of hydrogen-bond acceptors (Lipinski definition) is 4. The number of nitrogens with zero attached hydrogens (tertiary/aromatic N) is 1. The molecule has 2 N–H and O–H groups in total. The summed E-state index contributed by atoms with van der Waals surface area (Å²) in [7, 11) is 0. The summed E-state index contributed by atoms with van der Waals surface area (Å²) >= 11 is 2.04. The quantitative estimate of drug-likeness (QED) is 0.517. The summed E-state index contributed by atoms with van der Waals surface area (Å²) in [5.74, 6) is 0.679. The number of rotatable bonds is 3. The molecule has 0 bridgehead atoms. The third kappa shape index (κ3) is 2.86. The Morgan fingerprint density at radius 2 is 2.24 bits per heavy atom. The van der Waals surface area contributed by atoms with Gasteiger partial charge in [-0.1, -0.05) is 0 Å². The second kappa shape index (κ2) is 5.18. The number of ether oxygens (including phenoxy) is 1. The molecule has 5 nitrogen and oxygen atoms in total. The molecule has 1 aliphatic rings. The van der Waals surface area contributed by atoms with Gasteiger partial charge in [0.2, 0.25) is 0 Å². The Morgan fingerprint density at radius 3 is 2.76 bits per heavy atom. The monoisotopic (exact) mass is 348 g/mol. The van der Waals surface area contributed by atoms with Gasteiger partial charge < -0.3 is 10.5 Å². The van der Waals surface area contributed by atoms with Gasteiger partial charge in [0, 0.05) is 18.2 Å². The van der Waals surface area contributed by atoms with Gasteiger partial charge in [-0.3, -0.25) is 10.1 Å². The predicted octanol–water partition coefficient (Wildman–Crippen LogP) is 2.46. The van der Waals surface area contributed by atoms with Crippen molar-refractivity contribution in [3.05, 3.63) is 31.9 Å². The summed E-state index contributed by atoms with van der Waals surface area (Å²) in [4.78, 5) is 10.2. The van der Waals surface area contributed by atoms with Crippen LogP contribution in [-0.2, 0) is 0 Å². The SMILES string of the molecule is NC1CCCC1Oc1ccc([N+](=O)[O-])cc1I. The van der Waals surface area contributed by atoms with Crippen molar-refractivity contribution in [3.63, 3.8) is 0 Å². The van der Waals surface area contributed by atoms with E-state index in [1.807, 2.05) is 22.6 Å². The van der Waals surface area contributed by atoms with Crippen LogP contribution >= 0.6 is 22.6 Å². The third-order valence-corrected chi connectivity index (χ3v) is 3.75. The topological polar surface area (TPSA) is 78.4 Å². The number of halogens is 1. The van der Waals surface area contributed by atoms with Crippen LogP contribution in [0.4, 0.5) is 5.69 Å². The van der Waals surface area contributed by atoms with E-state index in [2.05, 4.69) is 0 Å². The van der Waals surface area contributed by atoms with Crippen LogP contribution < -0.4 is 10.5 Å². The van der Waals surface area contributed by atoms with Crippen LogP contribution in [0.15, 0.2) is 18.2 Å². The van der Waals surface area contributed by atoms with Gasteiger partial charge in [-0.25, -0.2) is 0 Å². The number of non-ortho nitro benzene ring substituents is 1. The first-order valence-electron chi connectivity index (χ1n) is 5.44. The molecule has 1 saturated carbocycles. The smallest absolute Gasteiger partial charge is 0.270 e. The summed E-state index contributed by atoms with van der Waals surface area (Å²) in [6.45, 7) is 0. The summed E-state index contributed by atoms with van der Waals surface area (Å²) in [6, 6.07) is 4.68. The van der Waals surface area contributed by atoms with Crippen LogP contribution in [0.3, 0.4) is 0 Å². The molecule has 17 heavy (non-hydrogen) atoms. The van der Waals surface area contributed by atoms with E-state index in [1.54, 1.807) is 6.07 Å². The van der Waals surface area contributed by atoms with E-state index in [0.29, 0.717) is 5.75 Å². The summed E-state index contributed by atoms with van der Waals surface area (Å²) in [5.41, 5.74) is 6.00. The van der Waals surface area contributed by atoms with Crippen molar-refractivity contribution in [2.24, 2.45) is 5.73 Å². The summed E-state index contributed by atoms with van der Waals surface area (Å²) in [5, 5.41) is 10.6. The minimum atomic E-state index is -0.409. The van der Waals surface area contributed by atoms with Gasteiger partial charge in [0.25, 0.3) is 5.69 Å². The normalized spacial score (nSPS) is 23.6. The average Bonchev–Trinajstić information content (AvgIpc) is 2.67. The number of nitrogens with two attached hydrogens (primary N) is 1. The van der Waals surface area contributed by atoms with Crippen molar-refractivity contribution >= 4 is 28.3 Å². The Balaban J connectivity index is 2.14. The first kappa shape index (κ1) is 12.6. The number of nitro benzene ring substituents is 1. The molecule has 0 aromatic heterocycles. The molecule has 0 amide bonds. The molecule has 0 spiro atoms.